The molecule has 1 atom stereocenters. The summed E-state index contributed by atoms with van der Waals surface area (Å²) in [5.74, 6) is -0.338. The average Bonchev–Trinajstić information content (AvgIpc) is 2.43. The highest BCUT2D eigenvalue weighted by atomic mass is 32.2. The maximum atomic E-state index is 11.3. The Bertz CT molecular complexity index is 436. The van der Waals surface area contributed by atoms with Crippen molar-refractivity contribution in [2.75, 3.05) is 20.0 Å². The molecule has 1 aromatic rings. The van der Waals surface area contributed by atoms with E-state index in [1.54, 1.807) is 19.1 Å². The van der Waals surface area contributed by atoms with Crippen molar-refractivity contribution in [1.29, 1.82) is 0 Å². The predicted octanol–water partition coefficient (Wildman–Crippen LogP) is 1.77. The van der Waals surface area contributed by atoms with Crippen molar-refractivity contribution in [1.82, 2.24) is 4.98 Å². The molecule has 1 unspecified atom stereocenters. The standard InChI is InChI=1S/C12H15NO4S/c1-8(11(14)16-2)7-18-9-4-5-13-10(6-9)12(15)17-3/h4-6,8H,7H2,1-3H3. The molecule has 0 saturated carbocycles. The maximum Gasteiger partial charge on any atom is 0.356 e. The number of carbonyl (C=O) groups excluding carboxylic acids is 2. The molecular weight excluding hydrogens is 254 g/mol. The van der Waals surface area contributed by atoms with E-state index >= 15 is 0 Å². The van der Waals surface area contributed by atoms with Gasteiger partial charge in [-0.25, -0.2) is 9.78 Å². The number of methoxy groups -OCH3 is 2. The lowest BCUT2D eigenvalue weighted by molar-refractivity contribution is -0.143. The first kappa shape index (κ1) is 14.5. The van der Waals surface area contributed by atoms with Gasteiger partial charge in [0, 0.05) is 16.8 Å². The quantitative estimate of drug-likeness (QED) is 0.599. The Labute approximate surface area is 110 Å². The number of hydrogen-bond acceptors (Lipinski definition) is 6. The minimum Gasteiger partial charge on any atom is -0.469 e. The highest BCUT2D eigenvalue weighted by Crippen LogP contribution is 2.21. The summed E-state index contributed by atoms with van der Waals surface area (Å²) in [6.45, 7) is 1.79. The summed E-state index contributed by atoms with van der Waals surface area (Å²) in [6.07, 6.45) is 1.54. The second-order valence-corrected chi connectivity index (χ2v) is 4.70. The number of rotatable bonds is 5. The summed E-state index contributed by atoms with van der Waals surface area (Å²) in [5.41, 5.74) is 0.258. The van der Waals surface area contributed by atoms with Crippen molar-refractivity contribution >= 4 is 23.7 Å². The number of pyridine rings is 1. The maximum absolute atomic E-state index is 11.3. The van der Waals surface area contributed by atoms with Crippen molar-refractivity contribution in [2.24, 2.45) is 5.92 Å². The van der Waals surface area contributed by atoms with Crippen LogP contribution in [0.3, 0.4) is 0 Å². The van der Waals surface area contributed by atoms with Gasteiger partial charge in [0.2, 0.25) is 0 Å². The minimum absolute atomic E-state index is 0.199. The monoisotopic (exact) mass is 269 g/mol. The van der Waals surface area contributed by atoms with Crippen molar-refractivity contribution in [3.05, 3.63) is 24.0 Å². The van der Waals surface area contributed by atoms with Crippen LogP contribution in [0.15, 0.2) is 23.2 Å². The van der Waals surface area contributed by atoms with Crippen LogP contribution in [0, 0.1) is 5.92 Å². The smallest absolute Gasteiger partial charge is 0.356 e. The van der Waals surface area contributed by atoms with Gasteiger partial charge in [0.1, 0.15) is 5.69 Å². The fourth-order valence-electron chi connectivity index (χ4n) is 1.21. The second-order valence-electron chi connectivity index (χ2n) is 3.60. The van der Waals surface area contributed by atoms with Gasteiger partial charge in [-0.05, 0) is 12.1 Å². The highest BCUT2D eigenvalue weighted by Gasteiger charge is 2.14. The fourth-order valence-corrected chi connectivity index (χ4v) is 2.14. The van der Waals surface area contributed by atoms with Gasteiger partial charge in [-0.2, -0.15) is 0 Å². The Morgan fingerprint density at radius 1 is 1.39 bits per heavy atom. The van der Waals surface area contributed by atoms with Gasteiger partial charge < -0.3 is 9.47 Å². The Hall–Kier alpha value is -1.56. The molecule has 0 amide bonds. The Morgan fingerprint density at radius 2 is 2.11 bits per heavy atom. The Morgan fingerprint density at radius 3 is 2.72 bits per heavy atom. The van der Waals surface area contributed by atoms with Crippen LogP contribution in [0.2, 0.25) is 0 Å². The molecule has 0 aromatic carbocycles. The summed E-state index contributed by atoms with van der Waals surface area (Å²) in [7, 11) is 2.68. The number of ether oxygens (including phenoxy) is 2. The van der Waals surface area contributed by atoms with E-state index < -0.39 is 5.97 Å². The van der Waals surface area contributed by atoms with Crippen LogP contribution in [0.25, 0.3) is 0 Å². The number of hydrogen-bond donors (Lipinski definition) is 0. The van der Waals surface area contributed by atoms with Gasteiger partial charge >= 0.3 is 11.9 Å². The lowest BCUT2D eigenvalue weighted by Crippen LogP contribution is -2.14. The summed E-state index contributed by atoms with van der Waals surface area (Å²) < 4.78 is 9.23. The topological polar surface area (TPSA) is 65.5 Å². The molecule has 0 fully saturated rings. The van der Waals surface area contributed by atoms with E-state index in [4.69, 9.17) is 0 Å². The third-order valence-corrected chi connectivity index (χ3v) is 3.48. The summed E-state index contributed by atoms with van der Waals surface area (Å²) in [5, 5.41) is 0. The van der Waals surface area contributed by atoms with E-state index in [1.165, 1.54) is 32.2 Å². The molecule has 18 heavy (non-hydrogen) atoms. The Kier molecular flexibility index (Phi) is 5.64. The van der Waals surface area contributed by atoms with E-state index in [0.717, 1.165) is 4.90 Å². The van der Waals surface area contributed by atoms with Crippen LogP contribution in [-0.4, -0.2) is 36.9 Å². The van der Waals surface area contributed by atoms with Gasteiger partial charge in [-0.3, -0.25) is 4.79 Å². The number of aromatic nitrogens is 1. The number of carbonyl (C=O) groups is 2. The zero-order valence-electron chi connectivity index (χ0n) is 10.5. The lowest BCUT2D eigenvalue weighted by atomic mass is 10.2. The van der Waals surface area contributed by atoms with E-state index in [-0.39, 0.29) is 17.6 Å². The molecule has 0 spiro atoms. The molecule has 0 N–H and O–H groups in total. The molecule has 98 valence electrons. The predicted molar refractivity (Wildman–Crippen MR) is 67.5 cm³/mol. The van der Waals surface area contributed by atoms with Gasteiger partial charge in [-0.1, -0.05) is 6.92 Å². The van der Waals surface area contributed by atoms with E-state index in [0.29, 0.717) is 5.75 Å². The van der Waals surface area contributed by atoms with Crippen LogP contribution in [-0.2, 0) is 14.3 Å². The lowest BCUT2D eigenvalue weighted by Gasteiger charge is -2.08. The van der Waals surface area contributed by atoms with E-state index in [2.05, 4.69) is 14.5 Å². The molecule has 5 nitrogen and oxygen atoms in total. The highest BCUT2D eigenvalue weighted by molar-refractivity contribution is 7.99. The first-order valence-corrected chi connectivity index (χ1v) is 6.32. The average molecular weight is 269 g/mol. The van der Waals surface area contributed by atoms with Crippen molar-refractivity contribution in [2.45, 2.75) is 11.8 Å². The van der Waals surface area contributed by atoms with Crippen molar-refractivity contribution in [3.63, 3.8) is 0 Å². The molecule has 0 aliphatic rings. The molecule has 0 aliphatic carbocycles. The third-order valence-electron chi connectivity index (χ3n) is 2.23. The van der Waals surface area contributed by atoms with Gasteiger partial charge in [0.15, 0.2) is 0 Å². The van der Waals surface area contributed by atoms with Crippen LogP contribution in [0.1, 0.15) is 17.4 Å². The SMILES string of the molecule is COC(=O)c1cc(SCC(C)C(=O)OC)ccn1. The molecule has 0 bridgehead atoms. The summed E-state index contributed by atoms with van der Waals surface area (Å²) in [6, 6.07) is 3.42. The van der Waals surface area contributed by atoms with Crippen LogP contribution in [0.5, 0.6) is 0 Å². The van der Waals surface area contributed by atoms with Gasteiger partial charge in [0.05, 0.1) is 20.1 Å². The fraction of sp³-hybridized carbons (Fsp3) is 0.417. The van der Waals surface area contributed by atoms with E-state index in [1.807, 2.05) is 0 Å². The third kappa shape index (κ3) is 4.03. The first-order chi connectivity index (χ1) is 8.58. The molecular formula is C12H15NO4S. The molecule has 0 aliphatic heterocycles. The molecule has 1 aromatic heterocycles. The molecule has 1 rings (SSSR count). The van der Waals surface area contributed by atoms with Gasteiger partial charge in [-0.15, -0.1) is 11.8 Å². The largest absolute Gasteiger partial charge is 0.469 e. The summed E-state index contributed by atoms with van der Waals surface area (Å²) >= 11 is 1.47. The Balaban J connectivity index is 2.63. The second kappa shape index (κ2) is 7.00. The van der Waals surface area contributed by atoms with Crippen LogP contribution >= 0.6 is 11.8 Å². The number of nitrogens with zero attached hydrogens (tertiary/aromatic N) is 1. The molecule has 0 saturated heterocycles. The number of esters is 2. The minimum atomic E-state index is -0.474. The van der Waals surface area contributed by atoms with Crippen molar-refractivity contribution in [3.8, 4) is 0 Å². The van der Waals surface area contributed by atoms with Crippen molar-refractivity contribution < 1.29 is 19.1 Å². The number of thioether (sulfide) groups is 1. The van der Waals surface area contributed by atoms with Crippen LogP contribution in [0.4, 0.5) is 0 Å². The molecule has 6 heteroatoms. The first-order valence-electron chi connectivity index (χ1n) is 5.33. The van der Waals surface area contributed by atoms with Crippen LogP contribution < -0.4 is 0 Å². The summed E-state index contributed by atoms with van der Waals surface area (Å²) in [4.78, 5) is 27.3. The normalized spacial score (nSPS) is 11.7. The zero-order valence-corrected chi connectivity index (χ0v) is 11.3. The molecule has 0 radical (unpaired) electrons. The molecule has 1 heterocycles. The van der Waals surface area contributed by atoms with Gasteiger partial charge in [0.25, 0.3) is 0 Å². The zero-order chi connectivity index (χ0) is 13.5. The van der Waals surface area contributed by atoms with E-state index in [9.17, 15) is 9.59 Å².